The van der Waals surface area contributed by atoms with Crippen molar-refractivity contribution in [2.24, 2.45) is 23.5 Å². The Labute approximate surface area is 94.6 Å². The van der Waals surface area contributed by atoms with E-state index >= 15 is 0 Å². The molecule has 0 aromatic heterocycles. The molecule has 1 saturated carbocycles. The fraction of sp³-hybridized carbons (Fsp3) is 1.00. The minimum atomic E-state index is 0.387. The smallest absolute Gasteiger partial charge is 0.0488 e. The van der Waals surface area contributed by atoms with E-state index in [9.17, 15) is 0 Å². The van der Waals surface area contributed by atoms with Crippen LogP contribution in [0.1, 0.15) is 46.0 Å². The highest BCUT2D eigenvalue weighted by molar-refractivity contribution is 4.80. The third kappa shape index (κ3) is 4.52. The lowest BCUT2D eigenvalue weighted by molar-refractivity contribution is 0.140. The van der Waals surface area contributed by atoms with Crippen molar-refractivity contribution < 1.29 is 4.74 Å². The average molecular weight is 213 g/mol. The van der Waals surface area contributed by atoms with Crippen molar-refractivity contribution in [3.8, 4) is 0 Å². The third-order valence-corrected chi connectivity index (χ3v) is 3.71. The summed E-state index contributed by atoms with van der Waals surface area (Å²) in [5, 5.41) is 0. The summed E-state index contributed by atoms with van der Waals surface area (Å²) >= 11 is 0. The van der Waals surface area contributed by atoms with Gasteiger partial charge in [-0.05, 0) is 37.0 Å². The standard InChI is InChI=1S/C13H27NO/c1-10-5-4-6-12(7-10)13(14)8-11(2)9-15-3/h10-13H,4-9,14H2,1-3H3. The molecule has 1 aliphatic rings. The molecular formula is C13H27NO. The Balaban J connectivity index is 2.28. The van der Waals surface area contributed by atoms with Crippen LogP contribution in [0.25, 0.3) is 0 Å². The van der Waals surface area contributed by atoms with Crippen molar-refractivity contribution >= 4 is 0 Å². The zero-order chi connectivity index (χ0) is 11.3. The van der Waals surface area contributed by atoms with Gasteiger partial charge in [-0.3, -0.25) is 0 Å². The minimum Gasteiger partial charge on any atom is -0.384 e. The first-order chi connectivity index (χ1) is 7.13. The monoisotopic (exact) mass is 213 g/mol. The SMILES string of the molecule is COCC(C)CC(N)C1CCCC(C)C1. The number of nitrogens with two attached hydrogens (primary N) is 1. The molecule has 1 rings (SSSR count). The number of ether oxygens (including phenoxy) is 1. The van der Waals surface area contributed by atoms with Gasteiger partial charge < -0.3 is 10.5 Å². The maximum atomic E-state index is 6.29. The lowest BCUT2D eigenvalue weighted by Gasteiger charge is -2.32. The zero-order valence-corrected chi connectivity index (χ0v) is 10.5. The van der Waals surface area contributed by atoms with Crippen molar-refractivity contribution in [3.05, 3.63) is 0 Å². The van der Waals surface area contributed by atoms with Crippen LogP contribution in [0.5, 0.6) is 0 Å². The third-order valence-electron chi connectivity index (χ3n) is 3.71. The van der Waals surface area contributed by atoms with E-state index < -0.39 is 0 Å². The van der Waals surface area contributed by atoms with E-state index in [1.807, 2.05) is 0 Å². The Morgan fingerprint density at radius 2 is 2.13 bits per heavy atom. The molecule has 0 aliphatic heterocycles. The van der Waals surface area contributed by atoms with Crippen LogP contribution in [-0.4, -0.2) is 19.8 Å². The predicted molar refractivity (Wildman–Crippen MR) is 64.8 cm³/mol. The van der Waals surface area contributed by atoms with Crippen LogP contribution in [0.15, 0.2) is 0 Å². The summed E-state index contributed by atoms with van der Waals surface area (Å²) in [6, 6.07) is 0.387. The largest absolute Gasteiger partial charge is 0.384 e. The Morgan fingerprint density at radius 1 is 1.40 bits per heavy atom. The van der Waals surface area contributed by atoms with Gasteiger partial charge in [0, 0.05) is 19.8 Å². The average Bonchev–Trinajstić information content (AvgIpc) is 2.18. The van der Waals surface area contributed by atoms with Crippen molar-refractivity contribution in [1.82, 2.24) is 0 Å². The number of hydrogen-bond acceptors (Lipinski definition) is 2. The highest BCUT2D eigenvalue weighted by Gasteiger charge is 2.25. The molecule has 0 spiro atoms. The van der Waals surface area contributed by atoms with E-state index in [-0.39, 0.29) is 0 Å². The van der Waals surface area contributed by atoms with Gasteiger partial charge in [0.05, 0.1) is 0 Å². The second-order valence-electron chi connectivity index (χ2n) is 5.49. The molecule has 0 aromatic rings. The Bertz CT molecular complexity index is 172. The molecule has 15 heavy (non-hydrogen) atoms. The van der Waals surface area contributed by atoms with E-state index in [0.29, 0.717) is 12.0 Å². The maximum Gasteiger partial charge on any atom is 0.0488 e. The molecule has 0 heterocycles. The molecule has 0 bridgehead atoms. The Morgan fingerprint density at radius 3 is 2.73 bits per heavy atom. The van der Waals surface area contributed by atoms with E-state index in [1.165, 1.54) is 25.7 Å². The van der Waals surface area contributed by atoms with Crippen molar-refractivity contribution in [2.75, 3.05) is 13.7 Å². The van der Waals surface area contributed by atoms with Crippen LogP contribution in [0, 0.1) is 17.8 Å². The Kier molecular flexibility index (Phi) is 5.62. The van der Waals surface area contributed by atoms with Crippen molar-refractivity contribution in [3.63, 3.8) is 0 Å². The molecular weight excluding hydrogens is 186 g/mol. The first kappa shape index (κ1) is 13.0. The van der Waals surface area contributed by atoms with Gasteiger partial charge in [-0.2, -0.15) is 0 Å². The first-order valence-corrected chi connectivity index (χ1v) is 6.38. The van der Waals surface area contributed by atoms with Gasteiger partial charge in [0.25, 0.3) is 0 Å². The van der Waals surface area contributed by atoms with Crippen LogP contribution < -0.4 is 5.73 Å². The summed E-state index contributed by atoms with van der Waals surface area (Å²) in [6.45, 7) is 5.43. The summed E-state index contributed by atoms with van der Waals surface area (Å²) in [5.74, 6) is 2.24. The van der Waals surface area contributed by atoms with Gasteiger partial charge >= 0.3 is 0 Å². The molecule has 2 nitrogen and oxygen atoms in total. The summed E-state index contributed by atoms with van der Waals surface area (Å²) in [7, 11) is 1.77. The molecule has 2 N–H and O–H groups in total. The topological polar surface area (TPSA) is 35.2 Å². The van der Waals surface area contributed by atoms with Gasteiger partial charge in [-0.15, -0.1) is 0 Å². The molecule has 1 fully saturated rings. The van der Waals surface area contributed by atoms with Crippen LogP contribution in [0.2, 0.25) is 0 Å². The molecule has 0 saturated heterocycles. The fourth-order valence-electron chi connectivity index (χ4n) is 2.88. The van der Waals surface area contributed by atoms with E-state index in [1.54, 1.807) is 7.11 Å². The first-order valence-electron chi connectivity index (χ1n) is 6.38. The summed E-state index contributed by atoms with van der Waals surface area (Å²) < 4.78 is 5.16. The van der Waals surface area contributed by atoms with Crippen LogP contribution >= 0.6 is 0 Å². The number of methoxy groups -OCH3 is 1. The maximum absolute atomic E-state index is 6.29. The highest BCUT2D eigenvalue weighted by Crippen LogP contribution is 2.31. The van der Waals surface area contributed by atoms with Gasteiger partial charge in [0.1, 0.15) is 0 Å². The molecule has 90 valence electrons. The van der Waals surface area contributed by atoms with Crippen LogP contribution in [-0.2, 0) is 4.74 Å². The second kappa shape index (κ2) is 6.49. The highest BCUT2D eigenvalue weighted by atomic mass is 16.5. The molecule has 0 aromatic carbocycles. The number of rotatable bonds is 5. The van der Waals surface area contributed by atoms with E-state index in [4.69, 9.17) is 10.5 Å². The van der Waals surface area contributed by atoms with Gasteiger partial charge in [-0.25, -0.2) is 0 Å². The Hall–Kier alpha value is -0.0800. The summed E-state index contributed by atoms with van der Waals surface area (Å²) in [6.07, 6.45) is 6.56. The summed E-state index contributed by atoms with van der Waals surface area (Å²) in [4.78, 5) is 0. The molecule has 2 heteroatoms. The fourth-order valence-corrected chi connectivity index (χ4v) is 2.88. The van der Waals surface area contributed by atoms with Gasteiger partial charge in [0.15, 0.2) is 0 Å². The molecule has 4 unspecified atom stereocenters. The normalized spacial score (nSPS) is 31.2. The van der Waals surface area contributed by atoms with Gasteiger partial charge in [-0.1, -0.05) is 26.7 Å². The van der Waals surface area contributed by atoms with Gasteiger partial charge in [0.2, 0.25) is 0 Å². The van der Waals surface area contributed by atoms with Crippen molar-refractivity contribution in [2.45, 2.75) is 52.0 Å². The van der Waals surface area contributed by atoms with Crippen LogP contribution in [0.4, 0.5) is 0 Å². The van der Waals surface area contributed by atoms with Crippen LogP contribution in [0.3, 0.4) is 0 Å². The molecule has 4 atom stereocenters. The zero-order valence-electron chi connectivity index (χ0n) is 10.5. The molecule has 1 aliphatic carbocycles. The second-order valence-corrected chi connectivity index (χ2v) is 5.49. The lowest BCUT2D eigenvalue weighted by Crippen LogP contribution is -2.35. The van der Waals surface area contributed by atoms with E-state index in [2.05, 4.69) is 13.8 Å². The lowest BCUT2D eigenvalue weighted by atomic mass is 9.77. The van der Waals surface area contributed by atoms with Crippen molar-refractivity contribution in [1.29, 1.82) is 0 Å². The number of hydrogen-bond donors (Lipinski definition) is 1. The quantitative estimate of drug-likeness (QED) is 0.762. The van der Waals surface area contributed by atoms with E-state index in [0.717, 1.165) is 24.9 Å². The molecule has 0 radical (unpaired) electrons. The minimum absolute atomic E-state index is 0.387. The predicted octanol–water partition coefficient (Wildman–Crippen LogP) is 2.81. The molecule has 0 amide bonds. The summed E-state index contributed by atoms with van der Waals surface area (Å²) in [5.41, 5.74) is 6.29.